The van der Waals surface area contributed by atoms with Crippen molar-refractivity contribution in [3.8, 4) is 17.1 Å². The predicted octanol–water partition coefficient (Wildman–Crippen LogP) is 3.63. The van der Waals surface area contributed by atoms with E-state index in [-0.39, 0.29) is 17.5 Å². The summed E-state index contributed by atoms with van der Waals surface area (Å²) in [6, 6.07) is 14.4. The van der Waals surface area contributed by atoms with Crippen molar-refractivity contribution >= 4 is 22.6 Å². The van der Waals surface area contributed by atoms with Gasteiger partial charge in [0.2, 0.25) is 5.95 Å². The lowest BCUT2D eigenvalue weighted by Gasteiger charge is -2.14. The number of hydrogen-bond donors (Lipinski definition) is 2. The zero-order chi connectivity index (χ0) is 21.3. The molecule has 0 aliphatic carbocycles. The maximum absolute atomic E-state index is 13.0. The molecule has 1 amide bonds. The zero-order valence-corrected chi connectivity index (χ0v) is 16.8. The molecule has 30 heavy (non-hydrogen) atoms. The monoisotopic (exact) mass is 403 g/mol. The molecule has 0 bridgehead atoms. The minimum atomic E-state index is -0.397. The van der Waals surface area contributed by atoms with E-state index >= 15 is 0 Å². The first kappa shape index (κ1) is 19.4. The average Bonchev–Trinajstić information content (AvgIpc) is 3.22. The second-order valence-electron chi connectivity index (χ2n) is 7.06. The fourth-order valence-corrected chi connectivity index (χ4v) is 3.32. The molecule has 8 heteroatoms. The number of nitrogens with one attached hydrogen (secondary N) is 2. The van der Waals surface area contributed by atoms with Crippen molar-refractivity contribution < 1.29 is 9.53 Å². The Hall–Kier alpha value is -3.94. The van der Waals surface area contributed by atoms with Crippen molar-refractivity contribution in [3.63, 3.8) is 0 Å². The van der Waals surface area contributed by atoms with E-state index in [2.05, 4.69) is 20.5 Å². The number of carbonyl (C=O) groups is 1. The van der Waals surface area contributed by atoms with Crippen LogP contribution in [0.4, 0.5) is 5.95 Å². The number of ether oxygens (including phenoxy) is 1. The third kappa shape index (κ3) is 3.43. The largest absolute Gasteiger partial charge is 0.496 e. The standard InChI is InChI=1S/C22H21N5O3/c1-13(2)27-12-17(14-8-4-5-9-15(14)21(27)29)20(28)24-22-23-19(25-26-22)16-10-6-7-11-18(16)30-3/h4-13H,1-3H3,(H2,23,24,25,26,28). The number of para-hydroxylation sites is 1. The molecular weight excluding hydrogens is 382 g/mol. The first-order chi connectivity index (χ1) is 14.5. The molecule has 0 spiro atoms. The molecule has 0 aliphatic heterocycles. The Kier molecular flexibility index (Phi) is 5.05. The van der Waals surface area contributed by atoms with E-state index in [1.807, 2.05) is 38.1 Å². The second-order valence-corrected chi connectivity index (χ2v) is 7.06. The Morgan fingerprint density at radius 3 is 2.53 bits per heavy atom. The Morgan fingerprint density at radius 1 is 1.10 bits per heavy atom. The minimum Gasteiger partial charge on any atom is -0.496 e. The van der Waals surface area contributed by atoms with Gasteiger partial charge in [-0.25, -0.2) is 0 Å². The van der Waals surface area contributed by atoms with Gasteiger partial charge in [-0.2, -0.15) is 4.98 Å². The van der Waals surface area contributed by atoms with Gasteiger partial charge in [0.25, 0.3) is 11.5 Å². The van der Waals surface area contributed by atoms with E-state index in [9.17, 15) is 9.59 Å². The van der Waals surface area contributed by atoms with E-state index < -0.39 is 5.91 Å². The van der Waals surface area contributed by atoms with Crippen LogP contribution < -0.4 is 15.6 Å². The minimum absolute atomic E-state index is 0.0886. The van der Waals surface area contributed by atoms with Gasteiger partial charge in [-0.15, -0.1) is 5.10 Å². The summed E-state index contributed by atoms with van der Waals surface area (Å²) < 4.78 is 6.90. The highest BCUT2D eigenvalue weighted by Crippen LogP contribution is 2.27. The van der Waals surface area contributed by atoms with E-state index in [1.54, 1.807) is 42.1 Å². The molecule has 0 radical (unpaired) electrons. The summed E-state index contributed by atoms with van der Waals surface area (Å²) in [5.41, 5.74) is 0.975. The smallest absolute Gasteiger partial charge is 0.260 e. The number of anilines is 1. The van der Waals surface area contributed by atoms with E-state index in [1.165, 1.54) is 0 Å². The van der Waals surface area contributed by atoms with Gasteiger partial charge < -0.3 is 9.30 Å². The lowest BCUT2D eigenvalue weighted by atomic mass is 10.1. The molecule has 0 saturated carbocycles. The summed E-state index contributed by atoms with van der Waals surface area (Å²) in [6.07, 6.45) is 1.58. The number of fused-ring (bicyclic) bond motifs is 1. The maximum atomic E-state index is 13.0. The van der Waals surface area contributed by atoms with Gasteiger partial charge in [0.05, 0.1) is 18.2 Å². The molecule has 2 aromatic carbocycles. The lowest BCUT2D eigenvalue weighted by Crippen LogP contribution is -2.25. The predicted molar refractivity (Wildman–Crippen MR) is 115 cm³/mol. The molecule has 4 aromatic rings. The van der Waals surface area contributed by atoms with E-state index in [0.717, 1.165) is 5.56 Å². The normalized spacial score (nSPS) is 11.1. The number of nitrogens with zero attached hydrogens (tertiary/aromatic N) is 3. The van der Waals surface area contributed by atoms with Crippen LogP contribution in [0.2, 0.25) is 0 Å². The number of methoxy groups -OCH3 is 1. The van der Waals surface area contributed by atoms with Gasteiger partial charge in [0.15, 0.2) is 5.82 Å². The van der Waals surface area contributed by atoms with Crippen LogP contribution in [0.25, 0.3) is 22.2 Å². The van der Waals surface area contributed by atoms with Gasteiger partial charge in [-0.3, -0.25) is 20.0 Å². The molecule has 2 aromatic heterocycles. The Morgan fingerprint density at radius 2 is 1.80 bits per heavy atom. The highest BCUT2D eigenvalue weighted by Gasteiger charge is 2.18. The van der Waals surface area contributed by atoms with Crippen molar-refractivity contribution in [3.05, 3.63) is 70.6 Å². The number of pyridine rings is 1. The number of aromatic nitrogens is 4. The number of hydrogen-bond acceptors (Lipinski definition) is 5. The van der Waals surface area contributed by atoms with Crippen molar-refractivity contribution in [2.45, 2.75) is 19.9 Å². The SMILES string of the molecule is COc1ccccc1-c1nc(NC(=O)c2cn(C(C)C)c(=O)c3ccccc23)n[nH]1. The average molecular weight is 403 g/mol. The number of aromatic amines is 1. The van der Waals surface area contributed by atoms with Crippen LogP contribution in [-0.4, -0.2) is 32.8 Å². The second kappa shape index (κ2) is 7.82. The fraction of sp³-hybridized carbons (Fsp3) is 0.182. The summed E-state index contributed by atoms with van der Waals surface area (Å²) in [4.78, 5) is 30.1. The summed E-state index contributed by atoms with van der Waals surface area (Å²) >= 11 is 0. The fourth-order valence-electron chi connectivity index (χ4n) is 3.32. The lowest BCUT2D eigenvalue weighted by molar-refractivity contribution is 0.102. The number of amides is 1. The molecule has 0 atom stereocenters. The van der Waals surface area contributed by atoms with Crippen LogP contribution in [0.1, 0.15) is 30.2 Å². The van der Waals surface area contributed by atoms with Crippen LogP contribution in [-0.2, 0) is 0 Å². The van der Waals surface area contributed by atoms with Crippen LogP contribution >= 0.6 is 0 Å². The molecule has 0 aliphatic rings. The van der Waals surface area contributed by atoms with Crippen molar-refractivity contribution in [2.24, 2.45) is 0 Å². The Balaban J connectivity index is 1.70. The third-order valence-corrected chi connectivity index (χ3v) is 4.82. The number of benzene rings is 2. The highest BCUT2D eigenvalue weighted by molar-refractivity contribution is 6.12. The summed E-state index contributed by atoms with van der Waals surface area (Å²) in [5, 5.41) is 10.7. The van der Waals surface area contributed by atoms with Gasteiger partial charge >= 0.3 is 0 Å². The topological polar surface area (TPSA) is 102 Å². The van der Waals surface area contributed by atoms with Crippen molar-refractivity contribution in [2.75, 3.05) is 12.4 Å². The molecule has 2 heterocycles. The molecule has 8 nitrogen and oxygen atoms in total. The molecule has 2 N–H and O–H groups in total. The quantitative estimate of drug-likeness (QED) is 0.530. The van der Waals surface area contributed by atoms with Crippen molar-refractivity contribution in [1.29, 1.82) is 0 Å². The Bertz CT molecular complexity index is 1290. The van der Waals surface area contributed by atoms with E-state index in [0.29, 0.717) is 27.9 Å². The first-order valence-corrected chi connectivity index (χ1v) is 9.50. The van der Waals surface area contributed by atoms with Gasteiger partial charge in [0.1, 0.15) is 5.75 Å². The van der Waals surface area contributed by atoms with Crippen molar-refractivity contribution in [1.82, 2.24) is 19.7 Å². The van der Waals surface area contributed by atoms with Gasteiger partial charge in [0, 0.05) is 23.0 Å². The van der Waals surface area contributed by atoms with Crippen LogP contribution in [0.15, 0.2) is 59.5 Å². The number of H-pyrrole nitrogens is 1. The molecule has 0 unspecified atom stereocenters. The molecule has 4 rings (SSSR count). The molecule has 152 valence electrons. The van der Waals surface area contributed by atoms with Crippen LogP contribution in [0.5, 0.6) is 5.75 Å². The summed E-state index contributed by atoms with van der Waals surface area (Å²) in [6.45, 7) is 3.79. The van der Waals surface area contributed by atoms with Gasteiger partial charge in [-0.05, 0) is 32.0 Å². The van der Waals surface area contributed by atoms with Crippen LogP contribution in [0.3, 0.4) is 0 Å². The first-order valence-electron chi connectivity index (χ1n) is 9.50. The third-order valence-electron chi connectivity index (χ3n) is 4.82. The van der Waals surface area contributed by atoms with Gasteiger partial charge in [-0.1, -0.05) is 30.3 Å². The molecular formula is C22H21N5O3. The zero-order valence-electron chi connectivity index (χ0n) is 16.8. The molecule has 0 saturated heterocycles. The maximum Gasteiger partial charge on any atom is 0.260 e. The van der Waals surface area contributed by atoms with Crippen LogP contribution in [0, 0.1) is 0 Å². The number of carbonyl (C=O) groups excluding carboxylic acids is 1. The summed E-state index contributed by atoms with van der Waals surface area (Å²) in [7, 11) is 1.58. The molecule has 0 fully saturated rings. The van der Waals surface area contributed by atoms with E-state index in [4.69, 9.17) is 4.74 Å². The highest BCUT2D eigenvalue weighted by atomic mass is 16.5. The summed E-state index contributed by atoms with van der Waals surface area (Å²) in [5.74, 6) is 0.847. The Labute approximate surface area is 172 Å². The number of rotatable bonds is 5.